The van der Waals surface area contributed by atoms with E-state index in [1.165, 1.54) is 75.3 Å². The van der Waals surface area contributed by atoms with Crippen molar-refractivity contribution in [1.29, 1.82) is 0 Å². The molecular weight excluding hydrogens is 366 g/mol. The van der Waals surface area contributed by atoms with Crippen LogP contribution >= 0.6 is 0 Å². The molecule has 1 unspecified atom stereocenters. The average Bonchev–Trinajstić information content (AvgIpc) is 2.79. The molecule has 0 bridgehead atoms. The summed E-state index contributed by atoms with van der Waals surface area (Å²) in [5.41, 5.74) is 3.80. The van der Waals surface area contributed by atoms with Gasteiger partial charge in [0.1, 0.15) is 5.75 Å². The normalized spacial score (nSPS) is 12.1. The fourth-order valence-corrected chi connectivity index (χ4v) is 3.87. The molecule has 1 heterocycles. The summed E-state index contributed by atoms with van der Waals surface area (Å²) in [5.74, 6) is 1.27. The van der Waals surface area contributed by atoms with Gasteiger partial charge in [-0.25, -0.2) is 0 Å². The molecule has 0 amide bonds. The van der Waals surface area contributed by atoms with Crippen LogP contribution in [0.15, 0.2) is 42.6 Å². The van der Waals surface area contributed by atoms with E-state index in [0.717, 1.165) is 30.9 Å². The van der Waals surface area contributed by atoms with Gasteiger partial charge in [-0.05, 0) is 48.6 Å². The van der Waals surface area contributed by atoms with Crippen molar-refractivity contribution in [3.05, 3.63) is 59.4 Å². The predicted octanol–water partition coefficient (Wildman–Crippen LogP) is 8.49. The van der Waals surface area contributed by atoms with Crippen molar-refractivity contribution in [2.75, 3.05) is 6.61 Å². The van der Waals surface area contributed by atoms with E-state index < -0.39 is 0 Å². The Bertz CT molecular complexity index is 662. The van der Waals surface area contributed by atoms with Crippen molar-refractivity contribution in [2.24, 2.45) is 0 Å². The van der Waals surface area contributed by atoms with Gasteiger partial charge in [0.05, 0.1) is 6.61 Å². The largest absolute Gasteiger partial charge is 0.494 e. The van der Waals surface area contributed by atoms with Crippen LogP contribution in [0.3, 0.4) is 0 Å². The van der Waals surface area contributed by atoms with Crippen LogP contribution in [0, 0.1) is 0 Å². The summed E-state index contributed by atoms with van der Waals surface area (Å²) >= 11 is 0. The molecule has 0 spiro atoms. The van der Waals surface area contributed by atoms with Gasteiger partial charge in [-0.15, -0.1) is 0 Å². The number of nitrogens with zero attached hydrogens (tertiary/aromatic N) is 1. The number of rotatable bonds is 16. The highest BCUT2D eigenvalue weighted by Gasteiger charge is 2.10. The van der Waals surface area contributed by atoms with Crippen molar-refractivity contribution in [3.8, 4) is 5.75 Å². The maximum Gasteiger partial charge on any atom is 0.119 e. The molecule has 0 radical (unpaired) electrons. The molecular formula is C28H43NO. The molecule has 0 aliphatic rings. The molecule has 1 atom stereocenters. The number of ether oxygens (including phenoxy) is 1. The van der Waals surface area contributed by atoms with Gasteiger partial charge in [0.2, 0.25) is 0 Å². The highest BCUT2D eigenvalue weighted by atomic mass is 16.5. The van der Waals surface area contributed by atoms with Crippen LogP contribution in [0.25, 0.3) is 0 Å². The van der Waals surface area contributed by atoms with Crippen LogP contribution < -0.4 is 4.74 Å². The second-order valence-electron chi connectivity index (χ2n) is 8.66. The first-order valence-electron chi connectivity index (χ1n) is 12.4. The zero-order valence-corrected chi connectivity index (χ0v) is 19.7. The van der Waals surface area contributed by atoms with E-state index in [2.05, 4.69) is 63.4 Å². The van der Waals surface area contributed by atoms with Gasteiger partial charge in [0.15, 0.2) is 0 Å². The molecule has 1 aromatic heterocycles. The minimum atomic E-state index is 0.302. The van der Waals surface area contributed by atoms with Gasteiger partial charge in [-0.1, -0.05) is 96.8 Å². The first-order chi connectivity index (χ1) is 14.7. The molecule has 1 aromatic carbocycles. The molecule has 0 saturated heterocycles. The van der Waals surface area contributed by atoms with E-state index in [0.29, 0.717) is 5.92 Å². The van der Waals surface area contributed by atoms with Crippen LogP contribution in [0.2, 0.25) is 0 Å². The van der Waals surface area contributed by atoms with Gasteiger partial charge in [0.25, 0.3) is 0 Å². The van der Waals surface area contributed by atoms with Crippen molar-refractivity contribution in [3.63, 3.8) is 0 Å². The SMILES string of the molecule is CCCCCCCCCCc1ccc(C(C)c2ccc(OCCCCC)cc2)nc1. The smallest absolute Gasteiger partial charge is 0.119 e. The third kappa shape index (κ3) is 9.32. The van der Waals surface area contributed by atoms with E-state index >= 15 is 0 Å². The fraction of sp³-hybridized carbons (Fsp3) is 0.607. The van der Waals surface area contributed by atoms with Crippen LogP contribution in [-0.4, -0.2) is 11.6 Å². The Hall–Kier alpha value is -1.83. The highest BCUT2D eigenvalue weighted by molar-refractivity contribution is 5.33. The number of hydrogen-bond acceptors (Lipinski definition) is 2. The Labute approximate surface area is 185 Å². The summed E-state index contributed by atoms with van der Waals surface area (Å²) < 4.78 is 5.83. The van der Waals surface area contributed by atoms with E-state index in [1.807, 2.05) is 0 Å². The van der Waals surface area contributed by atoms with Crippen LogP contribution in [0.5, 0.6) is 5.75 Å². The summed E-state index contributed by atoms with van der Waals surface area (Å²) in [7, 11) is 0. The maximum atomic E-state index is 5.83. The van der Waals surface area contributed by atoms with Crippen LogP contribution in [0.4, 0.5) is 0 Å². The zero-order valence-electron chi connectivity index (χ0n) is 19.7. The summed E-state index contributed by atoms with van der Waals surface area (Å²) in [6.45, 7) is 7.54. The van der Waals surface area contributed by atoms with Crippen molar-refractivity contribution in [1.82, 2.24) is 4.98 Å². The van der Waals surface area contributed by atoms with E-state index in [1.54, 1.807) is 0 Å². The standard InChI is InChI=1S/C28H43NO/c1-4-6-8-9-10-11-12-13-15-25-16-21-28(29-23-25)24(3)26-17-19-27(20-18-26)30-22-14-7-5-2/h16-21,23-24H,4-15,22H2,1-3H3. The number of benzene rings is 1. The lowest BCUT2D eigenvalue weighted by Crippen LogP contribution is -2.01. The summed E-state index contributed by atoms with van der Waals surface area (Å²) in [6, 6.07) is 13.0. The second kappa shape index (κ2) is 15.0. The molecule has 166 valence electrons. The Kier molecular flexibility index (Phi) is 12.3. The lowest BCUT2D eigenvalue weighted by molar-refractivity contribution is 0.306. The van der Waals surface area contributed by atoms with E-state index in [9.17, 15) is 0 Å². The lowest BCUT2D eigenvalue weighted by Gasteiger charge is -2.13. The van der Waals surface area contributed by atoms with E-state index in [-0.39, 0.29) is 0 Å². The Balaban J connectivity index is 1.72. The number of pyridine rings is 1. The van der Waals surface area contributed by atoms with E-state index in [4.69, 9.17) is 9.72 Å². The average molecular weight is 410 g/mol. The van der Waals surface area contributed by atoms with Crippen molar-refractivity contribution < 1.29 is 4.74 Å². The fourth-order valence-electron chi connectivity index (χ4n) is 3.87. The number of hydrogen-bond donors (Lipinski definition) is 0. The predicted molar refractivity (Wildman–Crippen MR) is 130 cm³/mol. The molecule has 2 nitrogen and oxygen atoms in total. The van der Waals surface area contributed by atoms with Gasteiger partial charge in [0, 0.05) is 17.8 Å². The molecule has 0 aliphatic heterocycles. The highest BCUT2D eigenvalue weighted by Crippen LogP contribution is 2.25. The number of aromatic nitrogens is 1. The van der Waals surface area contributed by atoms with Crippen LogP contribution in [0.1, 0.15) is 114 Å². The monoisotopic (exact) mass is 409 g/mol. The molecule has 2 rings (SSSR count). The minimum absolute atomic E-state index is 0.302. The summed E-state index contributed by atoms with van der Waals surface area (Å²) in [6.07, 6.45) is 17.8. The summed E-state index contributed by atoms with van der Waals surface area (Å²) in [5, 5.41) is 0. The third-order valence-electron chi connectivity index (χ3n) is 6.01. The Morgan fingerprint density at radius 1 is 0.733 bits per heavy atom. The van der Waals surface area contributed by atoms with Crippen LogP contribution in [-0.2, 0) is 6.42 Å². The lowest BCUT2D eigenvalue weighted by atomic mass is 9.96. The molecule has 2 heteroatoms. The first-order valence-corrected chi connectivity index (χ1v) is 12.4. The van der Waals surface area contributed by atoms with Gasteiger partial charge in [-0.3, -0.25) is 4.98 Å². The van der Waals surface area contributed by atoms with Gasteiger partial charge < -0.3 is 4.74 Å². The Morgan fingerprint density at radius 3 is 2.00 bits per heavy atom. The van der Waals surface area contributed by atoms with Crippen molar-refractivity contribution >= 4 is 0 Å². The quantitative estimate of drug-likeness (QED) is 0.259. The molecule has 0 saturated carbocycles. The molecule has 0 aliphatic carbocycles. The molecule has 0 fully saturated rings. The molecule has 2 aromatic rings. The van der Waals surface area contributed by atoms with Gasteiger partial charge in [-0.2, -0.15) is 0 Å². The summed E-state index contributed by atoms with van der Waals surface area (Å²) in [4.78, 5) is 4.77. The van der Waals surface area contributed by atoms with Gasteiger partial charge >= 0.3 is 0 Å². The van der Waals surface area contributed by atoms with Crippen molar-refractivity contribution in [2.45, 2.75) is 104 Å². The topological polar surface area (TPSA) is 22.1 Å². The third-order valence-corrected chi connectivity index (χ3v) is 6.01. The zero-order chi connectivity index (χ0) is 21.4. The maximum absolute atomic E-state index is 5.83. The Morgan fingerprint density at radius 2 is 1.37 bits per heavy atom. The molecule has 0 N–H and O–H groups in total. The first kappa shape index (κ1) is 24.4. The second-order valence-corrected chi connectivity index (χ2v) is 8.66. The minimum Gasteiger partial charge on any atom is -0.494 e. The number of unbranched alkanes of at least 4 members (excludes halogenated alkanes) is 9. The number of aryl methyl sites for hydroxylation is 1. The molecule has 30 heavy (non-hydrogen) atoms.